The van der Waals surface area contributed by atoms with Gasteiger partial charge < -0.3 is 16.0 Å². The fourth-order valence-corrected chi connectivity index (χ4v) is 2.53. The van der Waals surface area contributed by atoms with Crippen molar-refractivity contribution in [3.05, 3.63) is 62.5 Å². The maximum atomic E-state index is 12.4. The van der Waals surface area contributed by atoms with E-state index in [2.05, 4.69) is 10.3 Å². The molecule has 1 heterocycles. The van der Waals surface area contributed by atoms with Gasteiger partial charge in [-0.1, -0.05) is 35.3 Å². The molecule has 6 nitrogen and oxygen atoms in total. The molecule has 8 heteroatoms. The first-order chi connectivity index (χ1) is 11.0. The highest BCUT2D eigenvalue weighted by Gasteiger charge is 2.15. The van der Waals surface area contributed by atoms with Gasteiger partial charge in [0.15, 0.2) is 0 Å². The first kappa shape index (κ1) is 15.6. The maximum absolute atomic E-state index is 12.4. The molecule has 3 rings (SSSR count). The second-order valence-electron chi connectivity index (χ2n) is 4.88. The molecule has 23 heavy (non-hydrogen) atoms. The number of nitrogens with two attached hydrogens (primary N) is 1. The number of nitrogens with one attached hydrogen (secondary N) is 2. The van der Waals surface area contributed by atoms with Crippen molar-refractivity contribution in [2.24, 2.45) is 5.73 Å². The Labute approximate surface area is 140 Å². The van der Waals surface area contributed by atoms with E-state index in [-0.39, 0.29) is 5.02 Å². The van der Waals surface area contributed by atoms with E-state index in [1.165, 1.54) is 12.1 Å². The van der Waals surface area contributed by atoms with Gasteiger partial charge in [-0.3, -0.25) is 0 Å². The molecule has 0 aliphatic heterocycles. The second-order valence-corrected chi connectivity index (χ2v) is 5.69. The van der Waals surface area contributed by atoms with Crippen molar-refractivity contribution < 1.29 is 4.79 Å². The number of benzene rings is 2. The van der Waals surface area contributed by atoms with E-state index in [1.54, 1.807) is 24.3 Å². The van der Waals surface area contributed by atoms with Crippen LogP contribution >= 0.6 is 23.2 Å². The highest BCUT2D eigenvalue weighted by Crippen LogP contribution is 2.26. The first-order valence-electron chi connectivity index (χ1n) is 6.69. The van der Waals surface area contributed by atoms with Crippen molar-refractivity contribution in [3.63, 3.8) is 0 Å². The molecule has 0 aliphatic rings. The van der Waals surface area contributed by atoms with Gasteiger partial charge in [0.1, 0.15) is 0 Å². The van der Waals surface area contributed by atoms with Crippen LogP contribution in [-0.4, -0.2) is 15.6 Å². The monoisotopic (exact) mass is 350 g/mol. The number of anilines is 1. The molecule has 1 aromatic heterocycles. The highest BCUT2D eigenvalue weighted by atomic mass is 35.5. The Bertz CT molecular complexity index is 945. The molecule has 0 atom stereocenters. The normalized spacial score (nSPS) is 10.9. The van der Waals surface area contributed by atoms with Crippen molar-refractivity contribution in [3.8, 4) is 0 Å². The molecule has 4 N–H and O–H groups in total. The zero-order chi connectivity index (χ0) is 16.6. The Balaban J connectivity index is 1.98. The molecule has 3 aromatic rings. The third-order valence-corrected chi connectivity index (χ3v) is 4.09. The third-order valence-electron chi connectivity index (χ3n) is 3.37. The Morgan fingerprint density at radius 3 is 2.48 bits per heavy atom. The molecule has 0 spiro atoms. The summed E-state index contributed by atoms with van der Waals surface area (Å²) in [7, 11) is 0. The molecule has 0 bridgehead atoms. The summed E-state index contributed by atoms with van der Waals surface area (Å²) < 4.78 is 0.967. The van der Waals surface area contributed by atoms with E-state index in [0.717, 1.165) is 10.1 Å². The minimum atomic E-state index is -0.597. The molecule has 0 fully saturated rings. The quantitative estimate of drug-likeness (QED) is 0.662. The van der Waals surface area contributed by atoms with Gasteiger partial charge in [0.05, 0.1) is 21.1 Å². The number of hydrogen-bond acceptors (Lipinski definition) is 3. The molecule has 0 saturated carbocycles. The van der Waals surface area contributed by atoms with E-state index in [1.807, 2.05) is 0 Å². The molecular weight excluding hydrogens is 339 g/mol. The average Bonchev–Trinajstić information content (AvgIpc) is 2.83. The smallest absolute Gasteiger partial charge is 0.326 e. The van der Waals surface area contributed by atoms with Crippen molar-refractivity contribution in [1.82, 2.24) is 9.55 Å². The van der Waals surface area contributed by atoms with Crippen molar-refractivity contribution in [2.45, 2.75) is 6.54 Å². The summed E-state index contributed by atoms with van der Waals surface area (Å²) in [5.41, 5.74) is 7.22. The Morgan fingerprint density at radius 1 is 1.17 bits per heavy atom. The van der Waals surface area contributed by atoms with Crippen LogP contribution in [0.2, 0.25) is 10.0 Å². The van der Waals surface area contributed by atoms with Crippen molar-refractivity contribution in [1.29, 1.82) is 0 Å². The van der Waals surface area contributed by atoms with Gasteiger partial charge in [0.2, 0.25) is 0 Å². The number of aromatic nitrogens is 2. The molecule has 118 valence electrons. The number of fused-ring (bicyclic) bond motifs is 1. The fraction of sp³-hybridized carbons (Fsp3) is 0.0667. The summed E-state index contributed by atoms with van der Waals surface area (Å²) >= 11 is 11.9. The number of nitrogens with zero attached hydrogens (tertiary/aromatic N) is 1. The number of carbonyl (C=O) groups is 1. The number of imidazole rings is 1. The van der Waals surface area contributed by atoms with Gasteiger partial charge in [-0.25, -0.2) is 14.2 Å². The van der Waals surface area contributed by atoms with Crippen molar-refractivity contribution >= 4 is 46.0 Å². The Kier molecular flexibility index (Phi) is 4.12. The maximum Gasteiger partial charge on any atom is 0.334 e. The molecule has 1 amide bonds. The summed E-state index contributed by atoms with van der Waals surface area (Å²) in [6.07, 6.45) is 0. The lowest BCUT2D eigenvalue weighted by atomic mass is 10.2. The SMILES string of the molecule is NCc1ccc(NC(=O)n2c(=O)[nH]c3cc(Cl)c(Cl)cc32)cc1. The highest BCUT2D eigenvalue weighted by molar-refractivity contribution is 6.42. The lowest BCUT2D eigenvalue weighted by Crippen LogP contribution is -2.29. The lowest BCUT2D eigenvalue weighted by Gasteiger charge is -2.07. The minimum absolute atomic E-state index is 0.256. The van der Waals surface area contributed by atoms with Gasteiger partial charge in [-0.2, -0.15) is 0 Å². The van der Waals surface area contributed by atoms with Crippen LogP contribution in [0, 0.1) is 0 Å². The van der Waals surface area contributed by atoms with Crippen LogP contribution in [0.5, 0.6) is 0 Å². The summed E-state index contributed by atoms with van der Waals surface area (Å²) in [5, 5.41) is 3.20. The van der Waals surface area contributed by atoms with Gasteiger partial charge in [-0.15, -0.1) is 0 Å². The van der Waals surface area contributed by atoms with E-state index in [0.29, 0.717) is 28.3 Å². The molecular formula is C15H12Cl2N4O2. The Morgan fingerprint density at radius 2 is 1.83 bits per heavy atom. The number of amides is 1. The third kappa shape index (κ3) is 2.96. The Hall–Kier alpha value is -2.28. The van der Waals surface area contributed by atoms with Gasteiger partial charge in [-0.05, 0) is 29.8 Å². The number of aromatic amines is 1. The number of hydrogen-bond donors (Lipinski definition) is 3. The second kappa shape index (κ2) is 6.08. The predicted molar refractivity (Wildman–Crippen MR) is 91.3 cm³/mol. The summed E-state index contributed by atoms with van der Waals surface area (Å²) in [6.45, 7) is 0.412. The van der Waals surface area contributed by atoms with Crippen LogP contribution in [0.1, 0.15) is 5.56 Å². The van der Waals surface area contributed by atoms with E-state index >= 15 is 0 Å². The lowest BCUT2D eigenvalue weighted by molar-refractivity contribution is 0.253. The van der Waals surface area contributed by atoms with Crippen LogP contribution < -0.4 is 16.7 Å². The van der Waals surface area contributed by atoms with E-state index in [4.69, 9.17) is 28.9 Å². The number of halogens is 2. The first-order valence-corrected chi connectivity index (χ1v) is 7.45. The van der Waals surface area contributed by atoms with Crippen LogP contribution in [0.15, 0.2) is 41.2 Å². The predicted octanol–water partition coefficient (Wildman–Crippen LogP) is 3.18. The average molecular weight is 351 g/mol. The topological polar surface area (TPSA) is 92.9 Å². The molecule has 0 saturated heterocycles. The molecule has 0 radical (unpaired) electrons. The van der Waals surface area contributed by atoms with Crippen molar-refractivity contribution in [2.75, 3.05) is 5.32 Å². The van der Waals surface area contributed by atoms with Gasteiger partial charge in [0, 0.05) is 12.2 Å². The number of carbonyl (C=O) groups excluding carboxylic acids is 1. The van der Waals surface area contributed by atoms with Crippen LogP contribution in [0.4, 0.5) is 10.5 Å². The minimum Gasteiger partial charge on any atom is -0.326 e. The molecule has 0 aliphatic carbocycles. The zero-order valence-corrected chi connectivity index (χ0v) is 13.3. The van der Waals surface area contributed by atoms with Gasteiger partial charge in [0.25, 0.3) is 0 Å². The van der Waals surface area contributed by atoms with E-state index in [9.17, 15) is 9.59 Å². The zero-order valence-electron chi connectivity index (χ0n) is 11.8. The molecule has 2 aromatic carbocycles. The fourth-order valence-electron chi connectivity index (χ4n) is 2.21. The standard InChI is InChI=1S/C15H12Cl2N4O2/c16-10-5-12-13(6-11(10)17)21(15(23)20-12)14(22)19-9-3-1-8(7-18)2-4-9/h1-6H,7,18H2,(H,19,22)(H,20,23). The van der Waals surface area contributed by atoms with Crippen LogP contribution in [-0.2, 0) is 6.54 Å². The number of rotatable bonds is 2. The molecule has 0 unspecified atom stereocenters. The largest absolute Gasteiger partial charge is 0.334 e. The van der Waals surface area contributed by atoms with Crippen LogP contribution in [0.3, 0.4) is 0 Å². The summed E-state index contributed by atoms with van der Waals surface area (Å²) in [4.78, 5) is 27.0. The van der Waals surface area contributed by atoms with E-state index < -0.39 is 11.7 Å². The summed E-state index contributed by atoms with van der Waals surface area (Å²) in [6, 6.07) is 9.39. The van der Waals surface area contributed by atoms with Gasteiger partial charge >= 0.3 is 11.7 Å². The van der Waals surface area contributed by atoms with Crippen LogP contribution in [0.25, 0.3) is 11.0 Å². The number of H-pyrrole nitrogens is 1. The summed E-state index contributed by atoms with van der Waals surface area (Å²) in [5.74, 6) is 0.